The molecule has 2 aromatic heterocycles. The third-order valence-electron chi connectivity index (χ3n) is 5.99. The molecule has 0 aliphatic carbocycles. The largest absolute Gasteiger partial charge is 0.369 e. The number of rotatable bonds is 7. The fraction of sp³-hybridized carbons (Fsp3) is 0.200. The van der Waals surface area contributed by atoms with E-state index in [-0.39, 0.29) is 18.2 Å². The zero-order valence-corrected chi connectivity index (χ0v) is 19.7. The molecule has 0 bridgehead atoms. The van der Waals surface area contributed by atoms with Gasteiger partial charge < -0.3 is 10.3 Å². The number of allylic oxidation sites excluding steroid dienone is 1. The van der Waals surface area contributed by atoms with E-state index >= 15 is 0 Å². The molecular formula is C25H21ClN4O3S. The Morgan fingerprint density at radius 3 is 2.50 bits per heavy atom. The summed E-state index contributed by atoms with van der Waals surface area (Å²) >= 11 is 8.34. The lowest BCUT2D eigenvalue weighted by atomic mass is 10.1. The number of hydrogen-bond acceptors (Lipinski definition) is 5. The molecule has 5 rings (SSSR count). The quantitative estimate of drug-likeness (QED) is 0.502. The Hall–Kier alpha value is -3.36. The number of pyridine rings is 1. The Bertz CT molecular complexity index is 1310. The lowest BCUT2D eigenvalue weighted by Gasteiger charge is -2.20. The Morgan fingerprint density at radius 2 is 1.85 bits per heavy atom. The van der Waals surface area contributed by atoms with Crippen molar-refractivity contribution in [1.29, 1.82) is 0 Å². The number of benzene rings is 1. The van der Waals surface area contributed by atoms with E-state index in [1.165, 1.54) is 4.90 Å². The number of carbonyl (C=O) groups is 3. The van der Waals surface area contributed by atoms with Crippen LogP contribution in [0.5, 0.6) is 0 Å². The lowest BCUT2D eigenvalue weighted by Crippen LogP contribution is -2.31. The van der Waals surface area contributed by atoms with Crippen LogP contribution in [0.4, 0.5) is 0 Å². The van der Waals surface area contributed by atoms with Crippen LogP contribution in [0.3, 0.4) is 0 Å². The van der Waals surface area contributed by atoms with E-state index in [0.29, 0.717) is 40.6 Å². The van der Waals surface area contributed by atoms with E-state index in [1.807, 2.05) is 18.2 Å². The van der Waals surface area contributed by atoms with Crippen LogP contribution in [0.15, 0.2) is 53.7 Å². The van der Waals surface area contributed by atoms with Crippen molar-refractivity contribution >= 4 is 47.2 Å². The highest BCUT2D eigenvalue weighted by Gasteiger charge is 2.34. The van der Waals surface area contributed by atoms with Gasteiger partial charge in [0, 0.05) is 48.1 Å². The molecule has 4 heterocycles. The van der Waals surface area contributed by atoms with Crippen LogP contribution in [0, 0.1) is 0 Å². The number of fused-ring (bicyclic) bond motifs is 2. The summed E-state index contributed by atoms with van der Waals surface area (Å²) in [6, 6.07) is 10.7. The standard InChI is InChI=1S/C25H21ClN4O3S/c26-22-19(13-21(27)31)20-12-16(7-9-29(20)23(22)15-4-3-8-28-14-15)34-11-10-30-24(32)17-5-1-2-6-18(17)25(30)33/h1-6,8,12,14H,7,9-11,13H2,(H2,27,31). The number of thioether (sulfide) groups is 1. The first-order chi connectivity index (χ1) is 16.5. The molecule has 7 nitrogen and oxygen atoms in total. The van der Waals surface area contributed by atoms with Crippen molar-refractivity contribution in [3.63, 3.8) is 0 Å². The number of primary amides is 1. The molecule has 0 saturated heterocycles. The molecule has 34 heavy (non-hydrogen) atoms. The van der Waals surface area contributed by atoms with Gasteiger partial charge in [0.1, 0.15) is 0 Å². The molecule has 0 radical (unpaired) electrons. The van der Waals surface area contributed by atoms with Gasteiger partial charge in [-0.1, -0.05) is 23.7 Å². The van der Waals surface area contributed by atoms with Crippen molar-refractivity contribution in [2.24, 2.45) is 5.73 Å². The number of nitrogens with zero attached hydrogens (tertiary/aromatic N) is 3. The van der Waals surface area contributed by atoms with E-state index in [9.17, 15) is 14.4 Å². The maximum atomic E-state index is 12.6. The summed E-state index contributed by atoms with van der Waals surface area (Å²) < 4.78 is 2.10. The summed E-state index contributed by atoms with van der Waals surface area (Å²) in [6.07, 6.45) is 6.29. The second-order valence-corrected chi connectivity index (χ2v) is 9.68. The minimum atomic E-state index is -0.452. The van der Waals surface area contributed by atoms with Gasteiger partial charge in [-0.3, -0.25) is 24.3 Å². The van der Waals surface area contributed by atoms with E-state index in [0.717, 1.165) is 28.3 Å². The summed E-state index contributed by atoms with van der Waals surface area (Å²) in [4.78, 5) is 43.5. The molecule has 1 aromatic carbocycles. The van der Waals surface area contributed by atoms with Gasteiger partial charge >= 0.3 is 0 Å². The van der Waals surface area contributed by atoms with E-state index < -0.39 is 5.91 Å². The molecule has 3 amide bonds. The van der Waals surface area contributed by atoms with Crippen LogP contribution in [0.2, 0.25) is 5.02 Å². The van der Waals surface area contributed by atoms with Crippen molar-refractivity contribution < 1.29 is 14.4 Å². The highest BCUT2D eigenvalue weighted by Crippen LogP contribution is 2.41. The fourth-order valence-electron chi connectivity index (χ4n) is 4.45. The second kappa shape index (κ2) is 9.12. The number of halogens is 1. The Morgan fingerprint density at radius 1 is 1.12 bits per heavy atom. The monoisotopic (exact) mass is 492 g/mol. The summed E-state index contributed by atoms with van der Waals surface area (Å²) in [5.74, 6) is -0.368. The third-order valence-corrected chi connectivity index (χ3v) is 7.48. The molecule has 9 heteroatoms. The Labute approximate surface area is 205 Å². The molecule has 2 aliphatic heterocycles. The zero-order chi connectivity index (χ0) is 23.8. The van der Waals surface area contributed by atoms with Crippen LogP contribution in [0.25, 0.3) is 17.3 Å². The predicted octanol–water partition coefficient (Wildman–Crippen LogP) is 4.01. The van der Waals surface area contributed by atoms with E-state index in [2.05, 4.69) is 9.55 Å². The van der Waals surface area contributed by atoms with Crippen LogP contribution >= 0.6 is 23.4 Å². The van der Waals surface area contributed by atoms with E-state index in [4.69, 9.17) is 17.3 Å². The van der Waals surface area contributed by atoms with Gasteiger partial charge in [-0.05, 0) is 41.7 Å². The van der Waals surface area contributed by atoms with Gasteiger partial charge in [-0.15, -0.1) is 11.8 Å². The number of amides is 3. The van der Waals surface area contributed by atoms with Crippen LogP contribution in [-0.4, -0.2) is 44.5 Å². The maximum absolute atomic E-state index is 12.6. The average Bonchev–Trinajstić information content (AvgIpc) is 3.25. The third kappa shape index (κ3) is 3.93. The molecule has 3 aromatic rings. The molecule has 0 saturated carbocycles. The first-order valence-corrected chi connectivity index (χ1v) is 12.2. The fourth-order valence-corrected chi connectivity index (χ4v) is 5.79. The smallest absolute Gasteiger partial charge is 0.261 e. The number of hydrogen-bond donors (Lipinski definition) is 1. The normalized spacial score (nSPS) is 14.7. The van der Waals surface area contributed by atoms with Crippen molar-refractivity contribution in [3.05, 3.63) is 81.1 Å². The predicted molar refractivity (Wildman–Crippen MR) is 132 cm³/mol. The van der Waals surface area contributed by atoms with Crippen LogP contribution in [-0.2, 0) is 17.8 Å². The van der Waals surface area contributed by atoms with Gasteiger partial charge in [0.05, 0.1) is 28.3 Å². The van der Waals surface area contributed by atoms with Crippen molar-refractivity contribution in [2.75, 3.05) is 12.3 Å². The topological polar surface area (TPSA) is 98.3 Å². The number of nitrogens with two attached hydrogens (primary N) is 1. The number of aromatic nitrogens is 2. The van der Waals surface area contributed by atoms with Crippen LogP contribution in [0.1, 0.15) is 38.4 Å². The van der Waals surface area contributed by atoms with Gasteiger partial charge in [0.15, 0.2) is 0 Å². The van der Waals surface area contributed by atoms with Crippen molar-refractivity contribution in [3.8, 4) is 11.3 Å². The van der Waals surface area contributed by atoms with Gasteiger partial charge in [0.25, 0.3) is 11.8 Å². The van der Waals surface area contributed by atoms with Gasteiger partial charge in [-0.25, -0.2) is 0 Å². The molecule has 0 unspecified atom stereocenters. The van der Waals surface area contributed by atoms with Gasteiger partial charge in [0.2, 0.25) is 5.91 Å². The summed E-state index contributed by atoms with van der Waals surface area (Å²) in [7, 11) is 0. The highest BCUT2D eigenvalue weighted by molar-refractivity contribution is 8.03. The molecule has 0 spiro atoms. The average molecular weight is 493 g/mol. The maximum Gasteiger partial charge on any atom is 0.261 e. The highest BCUT2D eigenvalue weighted by atomic mass is 35.5. The Balaban J connectivity index is 1.37. The molecule has 172 valence electrons. The summed E-state index contributed by atoms with van der Waals surface area (Å²) in [5, 5.41) is 0.510. The molecular weight excluding hydrogens is 472 g/mol. The number of imide groups is 1. The minimum Gasteiger partial charge on any atom is -0.369 e. The molecule has 2 aliphatic rings. The van der Waals surface area contributed by atoms with Gasteiger partial charge in [-0.2, -0.15) is 0 Å². The van der Waals surface area contributed by atoms with E-state index in [1.54, 1.807) is 48.4 Å². The first-order valence-electron chi connectivity index (χ1n) is 10.8. The second-order valence-electron chi connectivity index (χ2n) is 8.08. The Kier molecular flexibility index (Phi) is 6.02. The summed E-state index contributed by atoms with van der Waals surface area (Å²) in [6.45, 7) is 1.01. The van der Waals surface area contributed by atoms with Crippen molar-refractivity contribution in [2.45, 2.75) is 19.4 Å². The zero-order valence-electron chi connectivity index (χ0n) is 18.2. The minimum absolute atomic E-state index is 0.0396. The number of carbonyl (C=O) groups excluding carboxylic acids is 3. The van der Waals surface area contributed by atoms with Crippen molar-refractivity contribution in [1.82, 2.24) is 14.5 Å². The van der Waals surface area contributed by atoms with Crippen LogP contribution < -0.4 is 5.73 Å². The lowest BCUT2D eigenvalue weighted by molar-refractivity contribution is -0.117. The SMILES string of the molecule is NC(=O)Cc1c(Cl)c(-c2cccnc2)n2c1C=C(SCCN1C(=O)c3ccccc3C1=O)CC2. The molecule has 0 fully saturated rings. The summed E-state index contributed by atoms with van der Waals surface area (Å²) in [5.41, 5.74) is 9.68. The first kappa shape index (κ1) is 22.4. The molecule has 0 atom stereocenters. The molecule has 2 N–H and O–H groups in total.